The summed E-state index contributed by atoms with van der Waals surface area (Å²) in [5, 5.41) is 3.54. The summed E-state index contributed by atoms with van der Waals surface area (Å²) in [7, 11) is 0. The molecule has 1 atom stereocenters. The lowest BCUT2D eigenvalue weighted by Crippen LogP contribution is -2.33. The van der Waals surface area contributed by atoms with Crippen LogP contribution in [-0.4, -0.2) is 33.6 Å². The van der Waals surface area contributed by atoms with Crippen molar-refractivity contribution in [2.45, 2.75) is 30.0 Å². The lowest BCUT2D eigenvalue weighted by atomic mass is 10.1. The van der Waals surface area contributed by atoms with Crippen LogP contribution in [0.3, 0.4) is 0 Å². The number of thioether (sulfide) groups is 1. The van der Waals surface area contributed by atoms with Crippen molar-refractivity contribution in [3.63, 3.8) is 0 Å². The highest BCUT2D eigenvalue weighted by atomic mass is 32.2. The zero-order valence-corrected chi connectivity index (χ0v) is 15.9. The maximum absolute atomic E-state index is 12.5. The minimum absolute atomic E-state index is 0.0487. The SMILES string of the molecule is O=C(CSc1cnc2ccccc2n1)OC(C(=O)NC1CC1)c1ccccc1. The van der Waals surface area contributed by atoms with Gasteiger partial charge in [-0.2, -0.15) is 0 Å². The first-order valence-electron chi connectivity index (χ1n) is 9.08. The Bertz CT molecular complexity index is 992. The summed E-state index contributed by atoms with van der Waals surface area (Å²) in [6.07, 6.45) is 2.63. The molecule has 0 bridgehead atoms. The largest absolute Gasteiger partial charge is 0.447 e. The van der Waals surface area contributed by atoms with Gasteiger partial charge < -0.3 is 10.1 Å². The highest BCUT2D eigenvalue weighted by molar-refractivity contribution is 7.99. The number of rotatable bonds is 7. The molecule has 28 heavy (non-hydrogen) atoms. The Morgan fingerprint density at radius 2 is 1.79 bits per heavy atom. The molecule has 4 rings (SSSR count). The van der Waals surface area contributed by atoms with E-state index in [2.05, 4.69) is 15.3 Å². The first kappa shape index (κ1) is 18.4. The second kappa shape index (κ2) is 8.39. The molecule has 1 aliphatic rings. The summed E-state index contributed by atoms with van der Waals surface area (Å²) >= 11 is 1.24. The number of hydrogen-bond acceptors (Lipinski definition) is 6. The molecular weight excluding hydrogens is 374 g/mol. The Morgan fingerprint density at radius 1 is 1.07 bits per heavy atom. The number of carbonyl (C=O) groups is 2. The average Bonchev–Trinajstić information content (AvgIpc) is 3.55. The van der Waals surface area contributed by atoms with Crippen molar-refractivity contribution in [3.05, 3.63) is 66.4 Å². The van der Waals surface area contributed by atoms with Crippen molar-refractivity contribution in [2.75, 3.05) is 5.75 Å². The molecule has 6 nitrogen and oxygen atoms in total. The first-order valence-corrected chi connectivity index (χ1v) is 10.1. The molecule has 0 aliphatic heterocycles. The third kappa shape index (κ3) is 4.67. The molecule has 1 fully saturated rings. The predicted molar refractivity (Wildman–Crippen MR) is 107 cm³/mol. The molecule has 1 unspecified atom stereocenters. The smallest absolute Gasteiger partial charge is 0.317 e. The summed E-state index contributed by atoms with van der Waals surface area (Å²) < 4.78 is 5.52. The number of esters is 1. The van der Waals surface area contributed by atoms with Crippen molar-refractivity contribution in [3.8, 4) is 0 Å². The van der Waals surface area contributed by atoms with E-state index in [0.29, 0.717) is 10.6 Å². The van der Waals surface area contributed by atoms with E-state index in [9.17, 15) is 9.59 Å². The topological polar surface area (TPSA) is 81.2 Å². The molecule has 0 spiro atoms. The molecule has 1 amide bonds. The molecule has 1 aromatic heterocycles. The fourth-order valence-corrected chi connectivity index (χ4v) is 3.34. The molecule has 142 valence electrons. The van der Waals surface area contributed by atoms with Crippen molar-refractivity contribution in [1.29, 1.82) is 0 Å². The van der Waals surface area contributed by atoms with Crippen molar-refractivity contribution < 1.29 is 14.3 Å². The van der Waals surface area contributed by atoms with Crippen molar-refractivity contribution in [2.24, 2.45) is 0 Å². The lowest BCUT2D eigenvalue weighted by molar-refractivity contribution is -0.154. The normalized spacial score (nSPS) is 14.4. The molecule has 1 aliphatic carbocycles. The Hall–Kier alpha value is -2.93. The van der Waals surface area contributed by atoms with Gasteiger partial charge >= 0.3 is 5.97 Å². The number of benzene rings is 2. The number of para-hydroxylation sites is 2. The highest BCUT2D eigenvalue weighted by Gasteiger charge is 2.30. The second-order valence-electron chi connectivity index (χ2n) is 6.55. The maximum atomic E-state index is 12.5. The van der Waals surface area contributed by atoms with E-state index in [1.54, 1.807) is 18.3 Å². The van der Waals surface area contributed by atoms with Crippen LogP contribution in [0.1, 0.15) is 24.5 Å². The van der Waals surface area contributed by atoms with E-state index >= 15 is 0 Å². The van der Waals surface area contributed by atoms with Crippen molar-refractivity contribution in [1.82, 2.24) is 15.3 Å². The van der Waals surface area contributed by atoms with E-state index in [0.717, 1.165) is 23.9 Å². The number of amides is 1. The van der Waals surface area contributed by atoms with Crippen LogP contribution in [0.2, 0.25) is 0 Å². The van der Waals surface area contributed by atoms with Crippen molar-refractivity contribution >= 4 is 34.7 Å². The molecule has 1 saturated carbocycles. The van der Waals surface area contributed by atoms with Gasteiger partial charge in [0, 0.05) is 11.6 Å². The standard InChI is InChI=1S/C21H19N3O3S/c25-19(13-28-18-12-22-16-8-4-5-9-17(16)24-18)27-20(14-6-2-1-3-7-14)21(26)23-15-10-11-15/h1-9,12,15,20H,10-11,13H2,(H,23,26). The lowest BCUT2D eigenvalue weighted by Gasteiger charge is -2.17. The summed E-state index contributed by atoms with van der Waals surface area (Å²) in [4.78, 5) is 33.7. The summed E-state index contributed by atoms with van der Waals surface area (Å²) in [6.45, 7) is 0. The number of fused-ring (bicyclic) bond motifs is 1. The molecule has 1 heterocycles. The average molecular weight is 393 g/mol. The Balaban J connectivity index is 1.41. The second-order valence-corrected chi connectivity index (χ2v) is 7.54. The van der Waals surface area contributed by atoms with Crippen LogP contribution in [-0.2, 0) is 14.3 Å². The Labute approximate surface area is 166 Å². The molecule has 1 N–H and O–H groups in total. The zero-order valence-electron chi connectivity index (χ0n) is 15.1. The van der Waals surface area contributed by atoms with E-state index in [4.69, 9.17) is 4.74 Å². The molecule has 2 aromatic carbocycles. The van der Waals surface area contributed by atoms with Gasteiger partial charge in [0.1, 0.15) is 5.03 Å². The quantitative estimate of drug-likeness (QED) is 0.490. The van der Waals surface area contributed by atoms with Gasteiger partial charge in [-0.3, -0.25) is 14.6 Å². The number of ether oxygens (including phenoxy) is 1. The number of nitrogens with zero attached hydrogens (tertiary/aromatic N) is 2. The maximum Gasteiger partial charge on any atom is 0.317 e. The summed E-state index contributed by atoms with van der Waals surface area (Å²) in [5.41, 5.74) is 2.23. The van der Waals surface area contributed by atoms with E-state index in [-0.39, 0.29) is 17.7 Å². The minimum Gasteiger partial charge on any atom is -0.447 e. The monoisotopic (exact) mass is 393 g/mol. The van der Waals surface area contributed by atoms with Crippen LogP contribution in [0.25, 0.3) is 11.0 Å². The molecule has 0 saturated heterocycles. The van der Waals surface area contributed by atoms with Crippen LogP contribution >= 0.6 is 11.8 Å². The predicted octanol–water partition coefficient (Wildman–Crippen LogP) is 3.29. The Morgan fingerprint density at radius 3 is 2.54 bits per heavy atom. The molecular formula is C21H19N3O3S. The van der Waals surface area contributed by atoms with Gasteiger partial charge in [-0.05, 0) is 25.0 Å². The van der Waals surface area contributed by atoms with Gasteiger partial charge in [0.05, 0.1) is 23.0 Å². The van der Waals surface area contributed by atoms with Crippen LogP contribution in [0.4, 0.5) is 0 Å². The van der Waals surface area contributed by atoms with E-state index in [1.165, 1.54) is 11.8 Å². The third-order valence-corrected chi connectivity index (χ3v) is 5.15. The van der Waals surface area contributed by atoms with Gasteiger partial charge in [0.25, 0.3) is 5.91 Å². The van der Waals surface area contributed by atoms with Gasteiger partial charge in [-0.15, -0.1) is 0 Å². The van der Waals surface area contributed by atoms with Crippen LogP contribution < -0.4 is 5.32 Å². The number of hydrogen-bond donors (Lipinski definition) is 1. The van der Waals surface area contributed by atoms with Crippen LogP contribution in [0.15, 0.2) is 65.8 Å². The summed E-state index contributed by atoms with van der Waals surface area (Å²) in [6, 6.07) is 16.8. The Kier molecular flexibility index (Phi) is 5.53. The fraction of sp³-hybridized carbons (Fsp3) is 0.238. The van der Waals surface area contributed by atoms with Gasteiger partial charge in [-0.25, -0.2) is 4.98 Å². The first-order chi connectivity index (χ1) is 13.7. The highest BCUT2D eigenvalue weighted by Crippen LogP contribution is 2.24. The van der Waals surface area contributed by atoms with E-state index < -0.39 is 12.1 Å². The molecule has 3 aromatic rings. The fourth-order valence-electron chi connectivity index (χ4n) is 2.71. The van der Waals surface area contributed by atoms with Gasteiger partial charge in [0.2, 0.25) is 6.10 Å². The molecule has 0 radical (unpaired) electrons. The number of aromatic nitrogens is 2. The minimum atomic E-state index is -0.947. The van der Waals surface area contributed by atoms with Crippen LogP contribution in [0, 0.1) is 0 Å². The van der Waals surface area contributed by atoms with Gasteiger partial charge in [0.15, 0.2) is 0 Å². The number of carbonyl (C=O) groups excluding carboxylic acids is 2. The zero-order chi connectivity index (χ0) is 19.3. The third-order valence-electron chi connectivity index (χ3n) is 4.28. The summed E-state index contributed by atoms with van der Waals surface area (Å²) in [5.74, 6) is -0.704. The van der Waals surface area contributed by atoms with Crippen LogP contribution in [0.5, 0.6) is 0 Å². The molecule has 7 heteroatoms. The van der Waals surface area contributed by atoms with E-state index in [1.807, 2.05) is 42.5 Å². The van der Waals surface area contributed by atoms with Gasteiger partial charge in [-0.1, -0.05) is 54.2 Å². The number of nitrogens with one attached hydrogen (secondary N) is 1.